The van der Waals surface area contributed by atoms with E-state index in [1.165, 1.54) is 70.9 Å². The smallest absolute Gasteiger partial charge is 0.306 e. The van der Waals surface area contributed by atoms with Crippen LogP contribution in [0.25, 0.3) is 11.0 Å². The van der Waals surface area contributed by atoms with Crippen LogP contribution in [0.1, 0.15) is 70.3 Å². The number of nitrogens with one attached hydrogen (secondary N) is 1. The second kappa shape index (κ2) is 7.46. The van der Waals surface area contributed by atoms with Crippen molar-refractivity contribution < 1.29 is 0 Å². The van der Waals surface area contributed by atoms with Crippen molar-refractivity contribution in [1.29, 1.82) is 0 Å². The number of hydrogen-bond acceptors (Lipinski definition) is 2. The highest BCUT2D eigenvalue weighted by Gasteiger charge is 2.42. The van der Waals surface area contributed by atoms with E-state index in [1.807, 2.05) is 18.2 Å². The Labute approximate surface area is 161 Å². The molecule has 0 spiro atoms. The minimum absolute atomic E-state index is 0.0836. The van der Waals surface area contributed by atoms with Crippen molar-refractivity contribution in [1.82, 2.24) is 14.5 Å². The summed E-state index contributed by atoms with van der Waals surface area (Å²) in [5, 5.41) is 0. The third-order valence-corrected chi connectivity index (χ3v) is 7.59. The van der Waals surface area contributed by atoms with Crippen LogP contribution in [-0.4, -0.2) is 33.6 Å². The van der Waals surface area contributed by atoms with Gasteiger partial charge < -0.3 is 4.98 Å². The van der Waals surface area contributed by atoms with Crippen molar-refractivity contribution >= 4 is 11.0 Å². The normalized spacial score (nSPS) is 30.4. The van der Waals surface area contributed by atoms with Crippen LogP contribution in [0.15, 0.2) is 29.1 Å². The summed E-state index contributed by atoms with van der Waals surface area (Å²) < 4.78 is 2.08. The molecule has 27 heavy (non-hydrogen) atoms. The SMILES string of the molecule is O=c1[nH]c2ccccc2n1C1CC2CCC1CN2CC1CCCCCCC1. The topological polar surface area (TPSA) is 41.0 Å². The first-order valence-corrected chi connectivity index (χ1v) is 11.2. The summed E-state index contributed by atoms with van der Waals surface area (Å²) in [6.07, 6.45) is 13.8. The molecular weight excluding hydrogens is 334 g/mol. The number of rotatable bonds is 3. The Morgan fingerprint density at radius 3 is 2.52 bits per heavy atom. The van der Waals surface area contributed by atoms with E-state index in [-0.39, 0.29) is 5.69 Å². The monoisotopic (exact) mass is 367 g/mol. The fourth-order valence-corrected chi connectivity index (χ4v) is 6.18. The molecule has 146 valence electrons. The molecule has 6 rings (SSSR count). The molecule has 1 N–H and O–H groups in total. The number of aromatic nitrogens is 2. The molecule has 2 aliphatic heterocycles. The molecule has 2 saturated carbocycles. The zero-order chi connectivity index (χ0) is 18.2. The van der Waals surface area contributed by atoms with Gasteiger partial charge in [0.2, 0.25) is 0 Å². The number of nitrogens with zero attached hydrogens (tertiary/aromatic N) is 2. The largest absolute Gasteiger partial charge is 0.326 e. The molecule has 2 aromatic rings. The molecule has 3 heterocycles. The predicted octanol–water partition coefficient (Wildman–Crippen LogP) is 4.72. The summed E-state index contributed by atoms with van der Waals surface area (Å²) in [7, 11) is 0. The Kier molecular flexibility index (Phi) is 4.85. The Bertz CT molecular complexity index is 830. The van der Waals surface area contributed by atoms with Crippen LogP contribution in [0.3, 0.4) is 0 Å². The number of aromatic amines is 1. The first-order valence-electron chi connectivity index (χ1n) is 11.2. The molecule has 2 bridgehead atoms. The lowest BCUT2D eigenvalue weighted by atomic mass is 9.75. The molecule has 0 amide bonds. The fraction of sp³-hybridized carbons (Fsp3) is 0.696. The maximum Gasteiger partial charge on any atom is 0.326 e. The highest BCUT2D eigenvalue weighted by Crippen LogP contribution is 2.43. The zero-order valence-electron chi connectivity index (χ0n) is 16.4. The molecule has 4 aliphatic rings. The lowest BCUT2D eigenvalue weighted by Crippen LogP contribution is -2.54. The Morgan fingerprint density at radius 1 is 0.963 bits per heavy atom. The summed E-state index contributed by atoms with van der Waals surface area (Å²) >= 11 is 0. The van der Waals surface area contributed by atoms with Crippen LogP contribution in [0, 0.1) is 11.8 Å². The molecule has 2 aliphatic carbocycles. The summed E-state index contributed by atoms with van der Waals surface area (Å²) in [5.74, 6) is 1.53. The van der Waals surface area contributed by atoms with Crippen LogP contribution in [0.4, 0.5) is 0 Å². The van der Waals surface area contributed by atoms with E-state index in [4.69, 9.17) is 0 Å². The van der Waals surface area contributed by atoms with Crippen molar-refractivity contribution in [2.24, 2.45) is 11.8 Å². The van der Waals surface area contributed by atoms with Gasteiger partial charge in [0, 0.05) is 25.2 Å². The molecule has 0 radical (unpaired) electrons. The standard InChI is InChI=1S/C23H33N3O/c27-23-24-20-10-6-7-11-21(20)26(23)22-14-19-13-12-18(22)16-25(19)15-17-8-4-2-1-3-5-9-17/h6-7,10-11,17-19,22H,1-5,8-9,12-16H2,(H,24,27). The lowest BCUT2D eigenvalue weighted by molar-refractivity contribution is -0.00104. The Hall–Kier alpha value is -1.55. The molecule has 4 nitrogen and oxygen atoms in total. The van der Waals surface area contributed by atoms with Crippen LogP contribution in [0.5, 0.6) is 0 Å². The molecule has 2 saturated heterocycles. The van der Waals surface area contributed by atoms with Gasteiger partial charge in [0.1, 0.15) is 0 Å². The maximum absolute atomic E-state index is 12.7. The van der Waals surface area contributed by atoms with Crippen molar-refractivity contribution in [2.45, 2.75) is 76.3 Å². The number of hydrogen-bond donors (Lipinski definition) is 1. The number of imidazole rings is 1. The maximum atomic E-state index is 12.7. The average molecular weight is 368 g/mol. The third-order valence-electron chi connectivity index (χ3n) is 7.59. The van der Waals surface area contributed by atoms with E-state index in [0.717, 1.165) is 23.4 Å². The van der Waals surface area contributed by atoms with Gasteiger partial charge in [-0.25, -0.2) is 4.79 Å². The summed E-state index contributed by atoms with van der Waals surface area (Å²) in [4.78, 5) is 18.5. The average Bonchev–Trinajstić information content (AvgIpc) is 3.00. The van der Waals surface area contributed by atoms with Crippen molar-refractivity contribution in [3.63, 3.8) is 0 Å². The second-order valence-electron chi connectivity index (χ2n) is 9.28. The quantitative estimate of drug-likeness (QED) is 0.853. The van der Waals surface area contributed by atoms with Gasteiger partial charge in [0.25, 0.3) is 0 Å². The highest BCUT2D eigenvalue weighted by atomic mass is 16.1. The van der Waals surface area contributed by atoms with E-state index in [9.17, 15) is 4.79 Å². The molecule has 1 aromatic carbocycles. The number of para-hydroxylation sites is 2. The van der Waals surface area contributed by atoms with Gasteiger partial charge in [-0.3, -0.25) is 9.47 Å². The van der Waals surface area contributed by atoms with E-state index in [1.54, 1.807) is 0 Å². The molecule has 4 heteroatoms. The van der Waals surface area contributed by atoms with Crippen molar-refractivity contribution in [2.75, 3.05) is 13.1 Å². The Morgan fingerprint density at radius 2 is 1.74 bits per heavy atom. The molecule has 3 unspecified atom stereocenters. The molecule has 4 fully saturated rings. The van der Waals surface area contributed by atoms with E-state index in [2.05, 4.69) is 20.5 Å². The van der Waals surface area contributed by atoms with Crippen LogP contribution < -0.4 is 5.69 Å². The van der Waals surface area contributed by atoms with Gasteiger partial charge in [-0.2, -0.15) is 0 Å². The van der Waals surface area contributed by atoms with E-state index in [0.29, 0.717) is 18.0 Å². The van der Waals surface area contributed by atoms with Gasteiger partial charge in [0.05, 0.1) is 11.0 Å². The van der Waals surface area contributed by atoms with E-state index >= 15 is 0 Å². The minimum Gasteiger partial charge on any atom is -0.306 e. The van der Waals surface area contributed by atoms with Crippen LogP contribution in [0.2, 0.25) is 0 Å². The molecule has 1 aromatic heterocycles. The van der Waals surface area contributed by atoms with E-state index < -0.39 is 0 Å². The highest BCUT2D eigenvalue weighted by molar-refractivity contribution is 5.75. The number of benzene rings is 1. The molecule has 3 atom stereocenters. The first-order chi connectivity index (χ1) is 13.3. The zero-order valence-corrected chi connectivity index (χ0v) is 16.4. The predicted molar refractivity (Wildman–Crippen MR) is 110 cm³/mol. The summed E-state index contributed by atoms with van der Waals surface area (Å²) in [6, 6.07) is 9.23. The van der Waals surface area contributed by atoms with Crippen molar-refractivity contribution in [3.05, 3.63) is 34.7 Å². The van der Waals surface area contributed by atoms with Crippen LogP contribution >= 0.6 is 0 Å². The Balaban J connectivity index is 1.32. The summed E-state index contributed by atoms with van der Waals surface area (Å²) in [6.45, 7) is 2.49. The second-order valence-corrected chi connectivity index (χ2v) is 9.28. The number of H-pyrrole nitrogens is 1. The van der Waals surface area contributed by atoms with Crippen molar-refractivity contribution in [3.8, 4) is 0 Å². The fourth-order valence-electron chi connectivity index (χ4n) is 6.18. The van der Waals surface area contributed by atoms with Gasteiger partial charge in [-0.15, -0.1) is 0 Å². The first kappa shape index (κ1) is 17.5. The number of fused-ring (bicyclic) bond motifs is 4. The van der Waals surface area contributed by atoms with Gasteiger partial charge in [-0.05, 0) is 56.1 Å². The minimum atomic E-state index is 0.0836. The van der Waals surface area contributed by atoms with Gasteiger partial charge in [-0.1, -0.05) is 44.2 Å². The summed E-state index contributed by atoms with van der Waals surface area (Å²) in [5.41, 5.74) is 2.15. The molecular formula is C23H33N3O. The van der Waals surface area contributed by atoms with Crippen LogP contribution in [-0.2, 0) is 0 Å². The van der Waals surface area contributed by atoms with Gasteiger partial charge >= 0.3 is 5.69 Å². The number of piperidine rings is 2. The van der Waals surface area contributed by atoms with Gasteiger partial charge in [0.15, 0.2) is 0 Å². The third kappa shape index (κ3) is 3.37. The lowest BCUT2D eigenvalue weighted by Gasteiger charge is -2.50.